The number of benzene rings is 1. The third-order valence-corrected chi connectivity index (χ3v) is 4.05. The molecule has 2 heterocycles. The molecular weight excluding hydrogens is 386 g/mol. The van der Waals surface area contributed by atoms with Gasteiger partial charge in [-0.15, -0.1) is 0 Å². The van der Waals surface area contributed by atoms with E-state index in [1.165, 1.54) is 10.7 Å². The number of ether oxygens (including phenoxy) is 1. The van der Waals surface area contributed by atoms with E-state index >= 15 is 0 Å². The van der Waals surface area contributed by atoms with Crippen molar-refractivity contribution in [1.29, 1.82) is 0 Å². The van der Waals surface area contributed by atoms with Crippen molar-refractivity contribution >= 4 is 29.1 Å². The maximum atomic E-state index is 12.2. The highest BCUT2D eigenvalue weighted by molar-refractivity contribution is 6.30. The smallest absolute Gasteiger partial charge is 0.406 e. The van der Waals surface area contributed by atoms with Crippen LogP contribution in [0.1, 0.15) is 5.69 Å². The monoisotopic (exact) mass is 401 g/mol. The van der Waals surface area contributed by atoms with Gasteiger partial charge >= 0.3 is 5.82 Å². The summed E-state index contributed by atoms with van der Waals surface area (Å²) in [4.78, 5) is 26.4. The standard InChI is InChI=1S/C18H16ClN5O4/c1-11-3-8-15(18(20-11)24(26)27)28-10-17(25)21-16-9-14(22-23(16)2)12-4-6-13(19)7-5-12/h3-9H,10H2,1-2H3,(H,21,25). The van der Waals surface area contributed by atoms with Gasteiger partial charge in [0.05, 0.1) is 5.69 Å². The van der Waals surface area contributed by atoms with Crippen molar-refractivity contribution in [2.75, 3.05) is 11.9 Å². The molecule has 0 fully saturated rings. The Labute approximate surface area is 165 Å². The molecule has 0 saturated carbocycles. The molecule has 9 nitrogen and oxygen atoms in total. The lowest BCUT2D eigenvalue weighted by Gasteiger charge is -2.07. The first kappa shape index (κ1) is 19.3. The third kappa shape index (κ3) is 4.44. The summed E-state index contributed by atoms with van der Waals surface area (Å²) < 4.78 is 6.78. The normalized spacial score (nSPS) is 10.5. The lowest BCUT2D eigenvalue weighted by atomic mass is 10.1. The molecule has 0 radical (unpaired) electrons. The summed E-state index contributed by atoms with van der Waals surface area (Å²) in [5.74, 6) is -0.536. The van der Waals surface area contributed by atoms with E-state index in [4.69, 9.17) is 16.3 Å². The van der Waals surface area contributed by atoms with Crippen molar-refractivity contribution in [1.82, 2.24) is 14.8 Å². The molecule has 28 heavy (non-hydrogen) atoms. The second-order valence-electron chi connectivity index (χ2n) is 5.91. The van der Waals surface area contributed by atoms with Crippen LogP contribution in [0.25, 0.3) is 11.3 Å². The minimum absolute atomic E-state index is 0.0717. The van der Waals surface area contributed by atoms with Crippen molar-refractivity contribution in [3.63, 3.8) is 0 Å². The summed E-state index contributed by atoms with van der Waals surface area (Å²) in [5.41, 5.74) is 1.99. The van der Waals surface area contributed by atoms with Gasteiger partial charge in [0.1, 0.15) is 11.5 Å². The Balaban J connectivity index is 1.67. The first-order chi connectivity index (χ1) is 13.3. The van der Waals surface area contributed by atoms with Gasteiger partial charge in [-0.05, 0) is 34.2 Å². The summed E-state index contributed by atoms with van der Waals surface area (Å²) in [7, 11) is 1.69. The Morgan fingerprint density at radius 2 is 2.00 bits per heavy atom. The number of nitrogens with one attached hydrogen (secondary N) is 1. The molecule has 3 rings (SSSR count). The molecule has 144 valence electrons. The molecule has 0 bridgehead atoms. The molecule has 2 aromatic heterocycles. The first-order valence-corrected chi connectivity index (χ1v) is 8.56. The van der Waals surface area contributed by atoms with Crippen LogP contribution in [0.2, 0.25) is 5.02 Å². The Bertz CT molecular complexity index is 1030. The zero-order chi connectivity index (χ0) is 20.3. The van der Waals surface area contributed by atoms with E-state index in [9.17, 15) is 14.9 Å². The molecule has 0 aliphatic carbocycles. The molecule has 1 aromatic carbocycles. The molecule has 0 unspecified atom stereocenters. The van der Waals surface area contributed by atoms with E-state index in [1.807, 2.05) is 12.1 Å². The minimum Gasteiger partial charge on any atom is -0.476 e. The van der Waals surface area contributed by atoms with E-state index in [-0.39, 0.29) is 5.75 Å². The van der Waals surface area contributed by atoms with Crippen molar-refractivity contribution in [3.8, 4) is 17.0 Å². The SMILES string of the molecule is Cc1ccc(OCC(=O)Nc2cc(-c3ccc(Cl)cc3)nn2C)c([N+](=O)[O-])n1. The van der Waals surface area contributed by atoms with Crippen molar-refractivity contribution in [2.24, 2.45) is 7.05 Å². The van der Waals surface area contributed by atoms with Crippen molar-refractivity contribution in [3.05, 3.63) is 63.3 Å². The fraction of sp³-hybridized carbons (Fsp3) is 0.167. The molecule has 0 spiro atoms. The molecule has 0 atom stereocenters. The lowest BCUT2D eigenvalue weighted by molar-refractivity contribution is -0.390. The highest BCUT2D eigenvalue weighted by atomic mass is 35.5. The predicted molar refractivity (Wildman–Crippen MR) is 103 cm³/mol. The number of hydrogen-bond acceptors (Lipinski definition) is 6. The van der Waals surface area contributed by atoms with E-state index < -0.39 is 23.3 Å². The summed E-state index contributed by atoms with van der Waals surface area (Å²) >= 11 is 5.89. The average molecular weight is 402 g/mol. The number of carbonyl (C=O) groups is 1. The fourth-order valence-corrected chi connectivity index (χ4v) is 2.57. The van der Waals surface area contributed by atoms with Crippen LogP contribution in [0.3, 0.4) is 0 Å². The predicted octanol–water partition coefficient (Wildman–Crippen LogP) is 3.37. The summed E-state index contributed by atoms with van der Waals surface area (Å²) in [6.07, 6.45) is 0. The summed E-state index contributed by atoms with van der Waals surface area (Å²) in [5, 5.41) is 18.7. The van der Waals surface area contributed by atoms with Gasteiger partial charge in [-0.1, -0.05) is 23.7 Å². The van der Waals surface area contributed by atoms with Crippen LogP contribution < -0.4 is 10.1 Å². The van der Waals surface area contributed by atoms with Gasteiger partial charge in [0, 0.05) is 30.6 Å². The van der Waals surface area contributed by atoms with Crippen LogP contribution in [0.15, 0.2) is 42.5 Å². The highest BCUT2D eigenvalue weighted by Gasteiger charge is 2.19. The van der Waals surface area contributed by atoms with Gasteiger partial charge in [-0.3, -0.25) is 9.48 Å². The lowest BCUT2D eigenvalue weighted by Crippen LogP contribution is -2.22. The average Bonchev–Trinajstić information content (AvgIpc) is 3.01. The molecule has 1 amide bonds. The Hall–Kier alpha value is -3.46. The maximum absolute atomic E-state index is 12.2. The number of aromatic nitrogens is 3. The second kappa shape index (κ2) is 8.05. The minimum atomic E-state index is -0.653. The zero-order valence-corrected chi connectivity index (χ0v) is 15.8. The summed E-state index contributed by atoms with van der Waals surface area (Å²) in [6.45, 7) is 1.22. The quantitative estimate of drug-likeness (QED) is 0.500. The van der Waals surface area contributed by atoms with Crippen LogP contribution in [0.4, 0.5) is 11.6 Å². The van der Waals surface area contributed by atoms with E-state index in [2.05, 4.69) is 15.4 Å². The molecule has 10 heteroatoms. The van der Waals surface area contributed by atoms with Gasteiger partial charge in [0.2, 0.25) is 5.75 Å². The van der Waals surface area contributed by atoms with Gasteiger partial charge in [0.25, 0.3) is 5.91 Å². The molecule has 3 aromatic rings. The number of nitro groups is 1. The first-order valence-electron chi connectivity index (χ1n) is 8.18. The number of pyridine rings is 1. The largest absolute Gasteiger partial charge is 0.476 e. The van der Waals surface area contributed by atoms with E-state index in [0.717, 1.165) is 5.56 Å². The van der Waals surface area contributed by atoms with Crippen LogP contribution in [0, 0.1) is 17.0 Å². The molecule has 0 aliphatic rings. The third-order valence-electron chi connectivity index (χ3n) is 3.80. The van der Waals surface area contributed by atoms with Gasteiger partial charge in [0.15, 0.2) is 6.61 Å². The summed E-state index contributed by atoms with van der Waals surface area (Å²) in [6, 6.07) is 11.8. The maximum Gasteiger partial charge on any atom is 0.406 e. The number of anilines is 1. The fourth-order valence-electron chi connectivity index (χ4n) is 2.44. The molecule has 0 saturated heterocycles. The number of carbonyl (C=O) groups excluding carboxylic acids is 1. The van der Waals surface area contributed by atoms with Crippen molar-refractivity contribution in [2.45, 2.75) is 6.92 Å². The van der Waals surface area contributed by atoms with Crippen LogP contribution in [-0.2, 0) is 11.8 Å². The number of nitrogens with zero attached hydrogens (tertiary/aromatic N) is 4. The Morgan fingerprint density at radius 1 is 1.29 bits per heavy atom. The number of hydrogen-bond donors (Lipinski definition) is 1. The second-order valence-corrected chi connectivity index (χ2v) is 6.35. The van der Waals surface area contributed by atoms with E-state index in [0.29, 0.717) is 22.2 Å². The molecular formula is C18H16ClN5O4. The highest BCUT2D eigenvalue weighted by Crippen LogP contribution is 2.25. The number of rotatable bonds is 6. The molecule has 1 N–H and O–H groups in total. The molecule has 0 aliphatic heterocycles. The van der Waals surface area contributed by atoms with Crippen LogP contribution in [0.5, 0.6) is 5.75 Å². The van der Waals surface area contributed by atoms with Gasteiger partial charge in [-0.25, -0.2) is 0 Å². The van der Waals surface area contributed by atoms with Crippen LogP contribution >= 0.6 is 11.6 Å². The number of halogens is 1. The number of amides is 1. The van der Waals surface area contributed by atoms with Gasteiger partial charge < -0.3 is 20.2 Å². The van der Waals surface area contributed by atoms with Gasteiger partial charge in [-0.2, -0.15) is 5.10 Å². The zero-order valence-electron chi connectivity index (χ0n) is 15.0. The Kier molecular flexibility index (Phi) is 5.55. The van der Waals surface area contributed by atoms with Crippen molar-refractivity contribution < 1.29 is 14.5 Å². The number of aryl methyl sites for hydroxylation is 2. The Morgan fingerprint density at radius 3 is 2.68 bits per heavy atom. The topological polar surface area (TPSA) is 112 Å². The van der Waals surface area contributed by atoms with Crippen LogP contribution in [-0.4, -0.2) is 32.2 Å². The van der Waals surface area contributed by atoms with E-state index in [1.54, 1.807) is 38.2 Å².